The maximum absolute atomic E-state index is 12.1. The average molecular weight is 509 g/mol. The van der Waals surface area contributed by atoms with E-state index < -0.39 is 0 Å². The first-order chi connectivity index (χ1) is 17.7. The Bertz CT molecular complexity index is 419. The lowest BCUT2D eigenvalue weighted by atomic mass is 10.0. The van der Waals surface area contributed by atoms with Crippen molar-refractivity contribution in [1.82, 2.24) is 0 Å². The third-order valence-corrected chi connectivity index (χ3v) is 7.78. The largest absolute Gasteiger partial charge is 0.463 e. The van der Waals surface area contributed by atoms with E-state index in [1.54, 1.807) is 0 Å². The van der Waals surface area contributed by atoms with Gasteiger partial charge in [-0.2, -0.15) is 0 Å². The molecule has 0 N–H and O–H groups in total. The maximum atomic E-state index is 12.1. The van der Waals surface area contributed by atoms with Gasteiger partial charge in [-0.05, 0) is 26.2 Å². The van der Waals surface area contributed by atoms with Crippen LogP contribution in [0.3, 0.4) is 0 Å². The lowest BCUT2D eigenvalue weighted by molar-refractivity contribution is -0.148. The summed E-state index contributed by atoms with van der Waals surface area (Å²) in [6.07, 6.45) is 38.6. The van der Waals surface area contributed by atoms with Crippen molar-refractivity contribution in [3.8, 4) is 0 Å². The molecule has 1 unspecified atom stereocenters. The Labute approximate surface area is 228 Å². The summed E-state index contributed by atoms with van der Waals surface area (Å²) in [7, 11) is 0. The number of carbonyl (C=O) groups excluding carboxylic acids is 1. The normalized spacial score (nSPS) is 12.2. The van der Waals surface area contributed by atoms with Gasteiger partial charge in [-0.1, -0.05) is 174 Å². The minimum absolute atomic E-state index is 0.0242. The van der Waals surface area contributed by atoms with Crippen LogP contribution in [0.1, 0.15) is 207 Å². The van der Waals surface area contributed by atoms with Crippen LogP contribution in [0.5, 0.6) is 0 Å². The molecule has 2 nitrogen and oxygen atoms in total. The fourth-order valence-corrected chi connectivity index (χ4v) is 5.26. The molecule has 0 fully saturated rings. The van der Waals surface area contributed by atoms with E-state index in [2.05, 4.69) is 20.8 Å². The van der Waals surface area contributed by atoms with E-state index >= 15 is 0 Å². The number of esters is 1. The molecule has 0 radical (unpaired) electrons. The van der Waals surface area contributed by atoms with Gasteiger partial charge in [0.25, 0.3) is 0 Å². The molecule has 0 aromatic heterocycles. The molecular weight excluding hydrogens is 440 g/mol. The van der Waals surface area contributed by atoms with Gasteiger partial charge in [-0.3, -0.25) is 4.79 Å². The Morgan fingerprint density at radius 1 is 0.444 bits per heavy atom. The fourth-order valence-electron chi connectivity index (χ4n) is 5.26. The second-order valence-electron chi connectivity index (χ2n) is 11.7. The molecule has 0 aromatic carbocycles. The number of ether oxygens (including phenoxy) is 1. The highest BCUT2D eigenvalue weighted by molar-refractivity contribution is 5.69. The quantitative estimate of drug-likeness (QED) is 0.0712. The summed E-state index contributed by atoms with van der Waals surface area (Å²) in [6.45, 7) is 6.64. The van der Waals surface area contributed by atoms with E-state index in [1.807, 2.05) is 0 Å². The number of rotatable bonds is 30. The Morgan fingerprint density at radius 3 is 1.06 bits per heavy atom. The minimum atomic E-state index is 0.0242. The van der Waals surface area contributed by atoms with Crippen molar-refractivity contribution >= 4 is 5.97 Å². The van der Waals surface area contributed by atoms with Crippen molar-refractivity contribution in [2.24, 2.45) is 0 Å². The third-order valence-electron chi connectivity index (χ3n) is 7.78. The molecule has 0 saturated heterocycles. The molecule has 0 spiro atoms. The molecule has 0 aliphatic carbocycles. The molecule has 0 aliphatic rings. The van der Waals surface area contributed by atoms with Gasteiger partial charge in [-0.25, -0.2) is 0 Å². The summed E-state index contributed by atoms with van der Waals surface area (Å²) in [4.78, 5) is 12.1. The first-order valence-corrected chi connectivity index (χ1v) is 16.9. The number of unbranched alkanes of at least 4 members (excludes halogenated alkanes) is 25. The Balaban J connectivity index is 3.27. The monoisotopic (exact) mass is 509 g/mol. The van der Waals surface area contributed by atoms with E-state index in [9.17, 15) is 4.79 Å². The van der Waals surface area contributed by atoms with Crippen LogP contribution in [-0.4, -0.2) is 12.1 Å². The van der Waals surface area contributed by atoms with Gasteiger partial charge < -0.3 is 4.74 Å². The predicted octanol–water partition coefficient (Wildman–Crippen LogP) is 12.3. The van der Waals surface area contributed by atoms with E-state index in [0.29, 0.717) is 6.42 Å². The summed E-state index contributed by atoms with van der Waals surface area (Å²) in [6, 6.07) is 0. The van der Waals surface area contributed by atoms with Crippen molar-refractivity contribution in [3.63, 3.8) is 0 Å². The van der Waals surface area contributed by atoms with Gasteiger partial charge in [0.05, 0.1) is 6.10 Å². The lowest BCUT2D eigenvalue weighted by Gasteiger charge is -2.13. The van der Waals surface area contributed by atoms with Crippen LogP contribution in [0.15, 0.2) is 0 Å². The van der Waals surface area contributed by atoms with Crippen LogP contribution < -0.4 is 0 Å². The second kappa shape index (κ2) is 30.7. The molecule has 0 bridgehead atoms. The van der Waals surface area contributed by atoms with Crippen LogP contribution in [0, 0.1) is 0 Å². The number of hydrogen-bond donors (Lipinski definition) is 0. The lowest BCUT2D eigenvalue weighted by Crippen LogP contribution is -2.14. The van der Waals surface area contributed by atoms with Gasteiger partial charge in [-0.15, -0.1) is 0 Å². The van der Waals surface area contributed by atoms with Gasteiger partial charge in [0, 0.05) is 6.42 Å². The molecule has 0 amide bonds. The van der Waals surface area contributed by atoms with Crippen LogP contribution in [0.25, 0.3) is 0 Å². The molecule has 0 heterocycles. The highest BCUT2D eigenvalue weighted by Gasteiger charge is 2.09. The van der Waals surface area contributed by atoms with E-state index in [1.165, 1.54) is 167 Å². The van der Waals surface area contributed by atoms with Crippen LogP contribution in [-0.2, 0) is 9.53 Å². The first-order valence-electron chi connectivity index (χ1n) is 16.9. The highest BCUT2D eigenvalue weighted by Crippen LogP contribution is 2.16. The second-order valence-corrected chi connectivity index (χ2v) is 11.7. The molecule has 2 heteroatoms. The fraction of sp³-hybridized carbons (Fsp3) is 0.971. The SMILES string of the molecule is CCCCCCCCCCCCCCCCCC(=O)OC(C)CCCCCCCCCCCCCC. The minimum Gasteiger partial charge on any atom is -0.463 e. The molecule has 0 saturated carbocycles. The van der Waals surface area contributed by atoms with E-state index in [0.717, 1.165) is 12.8 Å². The van der Waals surface area contributed by atoms with Crippen molar-refractivity contribution in [1.29, 1.82) is 0 Å². The maximum Gasteiger partial charge on any atom is 0.306 e. The van der Waals surface area contributed by atoms with Crippen LogP contribution in [0.4, 0.5) is 0 Å². The van der Waals surface area contributed by atoms with Gasteiger partial charge >= 0.3 is 5.97 Å². The Kier molecular flexibility index (Phi) is 30.2. The third kappa shape index (κ3) is 29.7. The zero-order chi connectivity index (χ0) is 26.4. The van der Waals surface area contributed by atoms with Crippen molar-refractivity contribution in [3.05, 3.63) is 0 Å². The number of hydrogen-bond acceptors (Lipinski definition) is 2. The number of carbonyl (C=O) groups is 1. The summed E-state index contributed by atoms with van der Waals surface area (Å²) in [5, 5.41) is 0. The first kappa shape index (κ1) is 35.5. The van der Waals surface area contributed by atoms with Crippen LogP contribution in [0.2, 0.25) is 0 Å². The molecule has 0 aliphatic heterocycles. The zero-order valence-electron chi connectivity index (χ0n) is 25.4. The Hall–Kier alpha value is -0.530. The summed E-state index contributed by atoms with van der Waals surface area (Å²) in [5.41, 5.74) is 0. The summed E-state index contributed by atoms with van der Waals surface area (Å²) in [5.74, 6) is 0.0242. The topological polar surface area (TPSA) is 26.3 Å². The highest BCUT2D eigenvalue weighted by atomic mass is 16.5. The van der Waals surface area contributed by atoms with Crippen LogP contribution >= 0.6 is 0 Å². The smallest absolute Gasteiger partial charge is 0.306 e. The zero-order valence-corrected chi connectivity index (χ0v) is 25.4. The van der Waals surface area contributed by atoms with E-state index in [-0.39, 0.29) is 12.1 Å². The van der Waals surface area contributed by atoms with Crippen molar-refractivity contribution < 1.29 is 9.53 Å². The van der Waals surface area contributed by atoms with Gasteiger partial charge in [0.2, 0.25) is 0 Å². The predicted molar refractivity (Wildman–Crippen MR) is 161 cm³/mol. The molecule has 1 atom stereocenters. The van der Waals surface area contributed by atoms with Crippen molar-refractivity contribution in [2.45, 2.75) is 213 Å². The average Bonchev–Trinajstić information content (AvgIpc) is 2.87. The van der Waals surface area contributed by atoms with Gasteiger partial charge in [0.15, 0.2) is 0 Å². The molecule has 0 rings (SSSR count). The molecule has 36 heavy (non-hydrogen) atoms. The standard InChI is InChI=1S/C34H68O2/c1-4-6-8-10-12-14-16-18-19-20-22-24-26-28-30-32-34(35)36-33(3)31-29-27-25-23-21-17-15-13-11-9-7-5-2/h33H,4-32H2,1-3H3. The van der Waals surface area contributed by atoms with Crippen molar-refractivity contribution in [2.75, 3.05) is 0 Å². The van der Waals surface area contributed by atoms with Gasteiger partial charge in [0.1, 0.15) is 0 Å². The summed E-state index contributed by atoms with van der Waals surface area (Å²) >= 11 is 0. The van der Waals surface area contributed by atoms with E-state index in [4.69, 9.17) is 4.74 Å². The summed E-state index contributed by atoms with van der Waals surface area (Å²) < 4.78 is 5.63. The Morgan fingerprint density at radius 2 is 0.722 bits per heavy atom. The molecular formula is C34H68O2. The molecule has 0 aromatic rings. The molecule has 216 valence electrons.